The van der Waals surface area contributed by atoms with Crippen molar-refractivity contribution in [3.8, 4) is 0 Å². The van der Waals surface area contributed by atoms with Crippen LogP contribution in [0.4, 0.5) is 0 Å². The maximum Gasteiger partial charge on any atom is 0.385 e. The van der Waals surface area contributed by atoms with Crippen molar-refractivity contribution >= 4 is 7.60 Å². The molecular formula is C23H49NO3P+. The Balaban J connectivity index is 3.54. The maximum atomic E-state index is 12.5. The van der Waals surface area contributed by atoms with Gasteiger partial charge in [0.25, 0.3) is 0 Å². The summed E-state index contributed by atoms with van der Waals surface area (Å²) in [4.78, 5) is 10.2. The lowest BCUT2D eigenvalue weighted by atomic mass is 10.1. The summed E-state index contributed by atoms with van der Waals surface area (Å²) in [5.74, 6) is -0.348. The fourth-order valence-corrected chi connectivity index (χ4v) is 5.57. The largest absolute Gasteiger partial charge is 0.385 e. The number of allylic oxidation sites excluding steroid dienone is 2. The Labute approximate surface area is 175 Å². The summed E-state index contributed by atoms with van der Waals surface area (Å²) in [5, 5.41) is 0. The van der Waals surface area contributed by atoms with Crippen molar-refractivity contribution in [2.75, 3.05) is 27.7 Å². The highest BCUT2D eigenvalue weighted by Crippen LogP contribution is 2.51. The first-order valence-corrected chi connectivity index (χ1v) is 13.3. The van der Waals surface area contributed by atoms with E-state index in [1.807, 2.05) is 28.1 Å². The Morgan fingerprint density at radius 2 is 1.29 bits per heavy atom. The fourth-order valence-electron chi connectivity index (χ4n) is 3.67. The molecule has 2 atom stereocenters. The molecule has 1 N–H and O–H groups in total. The molecule has 0 saturated heterocycles. The molecule has 0 bridgehead atoms. The van der Waals surface area contributed by atoms with Crippen LogP contribution >= 0.6 is 7.60 Å². The van der Waals surface area contributed by atoms with Gasteiger partial charge in [0.15, 0.2) is 5.78 Å². The van der Waals surface area contributed by atoms with Crippen LogP contribution in [-0.2, 0) is 9.09 Å². The molecule has 0 saturated carbocycles. The lowest BCUT2D eigenvalue weighted by Gasteiger charge is -2.35. The van der Waals surface area contributed by atoms with Crippen LogP contribution in [-0.4, -0.2) is 42.9 Å². The van der Waals surface area contributed by atoms with Gasteiger partial charge in [0.1, 0.15) is 0 Å². The van der Waals surface area contributed by atoms with Crippen molar-refractivity contribution in [2.24, 2.45) is 0 Å². The normalized spacial score (nSPS) is 15.8. The van der Waals surface area contributed by atoms with Gasteiger partial charge in [-0.3, -0.25) is 4.57 Å². The third-order valence-electron chi connectivity index (χ3n) is 5.32. The fraction of sp³-hybridized carbons (Fsp3) is 0.913. The van der Waals surface area contributed by atoms with Gasteiger partial charge in [0.2, 0.25) is 0 Å². The average Bonchev–Trinajstić information content (AvgIpc) is 2.60. The molecule has 0 aliphatic carbocycles. The molecule has 4 nitrogen and oxygen atoms in total. The first kappa shape index (κ1) is 27.8. The second-order valence-electron chi connectivity index (χ2n) is 8.99. The SMILES string of the molecule is CCCCCC=CCCCCCCCCCCOP(=O)(O)C(CC)[N+](C)(C)C. The summed E-state index contributed by atoms with van der Waals surface area (Å²) < 4.78 is 18.3. The summed E-state index contributed by atoms with van der Waals surface area (Å²) in [5.41, 5.74) is 0. The van der Waals surface area contributed by atoms with E-state index in [-0.39, 0.29) is 5.78 Å². The summed E-state index contributed by atoms with van der Waals surface area (Å²) in [6.07, 6.45) is 21.5. The van der Waals surface area contributed by atoms with Gasteiger partial charge in [0, 0.05) is 6.42 Å². The molecule has 28 heavy (non-hydrogen) atoms. The van der Waals surface area contributed by atoms with E-state index < -0.39 is 7.60 Å². The van der Waals surface area contributed by atoms with Gasteiger partial charge in [-0.2, -0.15) is 0 Å². The molecule has 0 rings (SSSR count). The second kappa shape index (κ2) is 16.6. The predicted molar refractivity (Wildman–Crippen MR) is 123 cm³/mol. The minimum Gasteiger partial charge on any atom is -0.320 e. The van der Waals surface area contributed by atoms with Crippen LogP contribution in [0.3, 0.4) is 0 Å². The Kier molecular flexibility index (Phi) is 16.5. The zero-order valence-electron chi connectivity index (χ0n) is 19.5. The maximum absolute atomic E-state index is 12.5. The van der Waals surface area contributed by atoms with E-state index in [0.717, 1.165) is 12.8 Å². The van der Waals surface area contributed by atoms with Crippen molar-refractivity contribution in [3.05, 3.63) is 12.2 Å². The zero-order valence-corrected chi connectivity index (χ0v) is 20.4. The minimum atomic E-state index is -3.55. The van der Waals surface area contributed by atoms with Crippen LogP contribution in [0.1, 0.15) is 104 Å². The number of unbranched alkanes of at least 4 members (excludes halogenated alkanes) is 11. The van der Waals surface area contributed by atoms with Crippen molar-refractivity contribution in [1.82, 2.24) is 0 Å². The van der Waals surface area contributed by atoms with E-state index in [0.29, 0.717) is 17.5 Å². The first-order chi connectivity index (χ1) is 13.3. The van der Waals surface area contributed by atoms with Gasteiger partial charge >= 0.3 is 7.60 Å². The Morgan fingerprint density at radius 1 is 0.821 bits per heavy atom. The number of nitrogens with zero attached hydrogens (tertiary/aromatic N) is 1. The highest BCUT2D eigenvalue weighted by molar-refractivity contribution is 7.53. The summed E-state index contributed by atoms with van der Waals surface area (Å²) in [7, 11) is 2.30. The molecule has 0 fully saturated rings. The second-order valence-corrected chi connectivity index (χ2v) is 11.0. The Bertz CT molecular complexity index is 432. The standard InChI is InChI=1S/C23H48NO3P/c1-6-8-9-10-11-12-13-14-15-16-17-18-19-20-21-22-27-28(25,26)23(7-2)24(3,4)5/h11-12,23H,6-10,13-22H2,1-5H3/p+1. The van der Waals surface area contributed by atoms with Gasteiger partial charge in [0.05, 0.1) is 27.7 Å². The van der Waals surface area contributed by atoms with Crippen molar-refractivity contribution in [3.63, 3.8) is 0 Å². The number of rotatable bonds is 19. The van der Waals surface area contributed by atoms with Gasteiger partial charge in [-0.25, -0.2) is 0 Å². The van der Waals surface area contributed by atoms with Gasteiger partial charge in [-0.1, -0.05) is 77.4 Å². The lowest BCUT2D eigenvalue weighted by molar-refractivity contribution is -0.883. The van der Waals surface area contributed by atoms with Crippen molar-refractivity contribution in [2.45, 2.75) is 110 Å². The predicted octanol–water partition coefficient (Wildman–Crippen LogP) is 7.28. The smallest absolute Gasteiger partial charge is 0.320 e. The van der Waals surface area contributed by atoms with Crippen LogP contribution in [0.25, 0.3) is 0 Å². The number of hydrogen-bond acceptors (Lipinski definition) is 2. The van der Waals surface area contributed by atoms with E-state index in [1.54, 1.807) is 0 Å². The molecule has 0 aromatic rings. The van der Waals surface area contributed by atoms with Gasteiger partial charge in [-0.15, -0.1) is 0 Å². The summed E-state index contributed by atoms with van der Waals surface area (Å²) >= 11 is 0. The minimum absolute atomic E-state index is 0.348. The number of quaternary nitrogens is 1. The molecule has 0 aromatic heterocycles. The third kappa shape index (κ3) is 14.8. The Hall–Kier alpha value is -0.150. The van der Waals surface area contributed by atoms with Crippen LogP contribution in [0.15, 0.2) is 12.2 Å². The molecule has 0 aliphatic heterocycles. The van der Waals surface area contributed by atoms with E-state index in [2.05, 4.69) is 19.1 Å². The van der Waals surface area contributed by atoms with Gasteiger partial charge < -0.3 is 13.9 Å². The summed E-state index contributed by atoms with van der Waals surface area (Å²) in [6, 6.07) is 0. The number of hydrogen-bond donors (Lipinski definition) is 1. The van der Waals surface area contributed by atoms with E-state index in [1.165, 1.54) is 70.6 Å². The molecule has 5 heteroatoms. The molecule has 0 aromatic carbocycles. The zero-order chi connectivity index (χ0) is 21.3. The highest BCUT2D eigenvalue weighted by Gasteiger charge is 2.41. The van der Waals surface area contributed by atoms with Crippen molar-refractivity contribution in [1.29, 1.82) is 0 Å². The topological polar surface area (TPSA) is 46.5 Å². The first-order valence-electron chi connectivity index (χ1n) is 11.7. The molecule has 0 amide bonds. The quantitative estimate of drug-likeness (QED) is 0.104. The third-order valence-corrected chi connectivity index (χ3v) is 7.68. The lowest BCUT2D eigenvalue weighted by Crippen LogP contribution is -2.44. The van der Waals surface area contributed by atoms with E-state index in [4.69, 9.17) is 4.52 Å². The molecule has 0 heterocycles. The monoisotopic (exact) mass is 418 g/mol. The Morgan fingerprint density at radius 3 is 1.75 bits per heavy atom. The van der Waals surface area contributed by atoms with Crippen LogP contribution in [0, 0.1) is 0 Å². The molecule has 0 spiro atoms. The molecule has 0 aliphatic rings. The van der Waals surface area contributed by atoms with Crippen LogP contribution in [0.5, 0.6) is 0 Å². The highest BCUT2D eigenvalue weighted by atomic mass is 31.2. The summed E-state index contributed by atoms with van der Waals surface area (Å²) in [6.45, 7) is 4.60. The van der Waals surface area contributed by atoms with E-state index in [9.17, 15) is 9.46 Å². The van der Waals surface area contributed by atoms with Crippen LogP contribution < -0.4 is 0 Å². The van der Waals surface area contributed by atoms with E-state index >= 15 is 0 Å². The molecule has 2 unspecified atom stereocenters. The molecule has 168 valence electrons. The average molecular weight is 419 g/mol. The molecule has 0 radical (unpaired) electrons. The van der Waals surface area contributed by atoms with Gasteiger partial charge in [-0.05, 0) is 32.1 Å². The van der Waals surface area contributed by atoms with Crippen molar-refractivity contribution < 1.29 is 18.5 Å². The van der Waals surface area contributed by atoms with Crippen LogP contribution in [0.2, 0.25) is 0 Å². The molecular weight excluding hydrogens is 369 g/mol.